The fraction of sp³-hybridized carbons (Fsp3) is 0.500. The number of amides is 1. The van der Waals surface area contributed by atoms with Crippen LogP contribution >= 0.6 is 11.3 Å². The van der Waals surface area contributed by atoms with E-state index in [0.717, 1.165) is 37.2 Å². The summed E-state index contributed by atoms with van der Waals surface area (Å²) < 4.78 is 5.95. The number of likely N-dealkylation sites (tertiary alicyclic amines) is 1. The van der Waals surface area contributed by atoms with Crippen molar-refractivity contribution in [1.29, 1.82) is 0 Å². The van der Waals surface area contributed by atoms with Crippen LogP contribution in [-0.2, 0) is 11.3 Å². The van der Waals surface area contributed by atoms with Crippen molar-refractivity contribution in [2.24, 2.45) is 0 Å². The normalized spacial score (nSPS) is 15.9. The Morgan fingerprint density at radius 3 is 2.83 bits per heavy atom. The molecule has 2 aromatic rings. The molecule has 1 aliphatic rings. The Morgan fingerprint density at radius 2 is 2.21 bits per heavy atom. The molecule has 0 N–H and O–H groups in total. The van der Waals surface area contributed by atoms with Crippen molar-refractivity contribution in [2.75, 3.05) is 13.1 Å². The van der Waals surface area contributed by atoms with Crippen molar-refractivity contribution >= 4 is 17.2 Å². The number of pyridine rings is 1. The van der Waals surface area contributed by atoms with Crippen molar-refractivity contribution in [2.45, 2.75) is 45.3 Å². The van der Waals surface area contributed by atoms with Crippen molar-refractivity contribution in [3.8, 4) is 0 Å². The molecule has 0 spiro atoms. The summed E-state index contributed by atoms with van der Waals surface area (Å²) in [5, 5.41) is 2.59. The van der Waals surface area contributed by atoms with Gasteiger partial charge in [0.15, 0.2) is 5.01 Å². The summed E-state index contributed by atoms with van der Waals surface area (Å²) in [5.74, 6) is 0.409. The van der Waals surface area contributed by atoms with Gasteiger partial charge >= 0.3 is 0 Å². The number of ether oxygens (including phenoxy) is 1. The lowest BCUT2D eigenvalue weighted by Gasteiger charge is -2.31. The standard InChI is InChI=1S/C18H23N3O2S/c1-13(2)16-12-24-17(20-16)18(22)21-8-5-15(6-9-21)23-11-14-4-3-7-19-10-14/h3-4,7,10,12-13,15H,5-6,8-9,11H2,1-2H3. The van der Waals surface area contributed by atoms with E-state index in [2.05, 4.69) is 23.8 Å². The lowest BCUT2D eigenvalue weighted by molar-refractivity contribution is -0.000478. The fourth-order valence-electron chi connectivity index (χ4n) is 2.71. The highest BCUT2D eigenvalue weighted by molar-refractivity contribution is 7.11. The number of carbonyl (C=O) groups is 1. The Hall–Kier alpha value is -1.79. The molecule has 0 unspecified atom stereocenters. The van der Waals surface area contributed by atoms with Crippen molar-refractivity contribution in [3.05, 3.63) is 46.2 Å². The molecule has 24 heavy (non-hydrogen) atoms. The molecule has 1 fully saturated rings. The average Bonchev–Trinajstić information content (AvgIpc) is 3.11. The van der Waals surface area contributed by atoms with Crippen LogP contribution in [0.3, 0.4) is 0 Å². The highest BCUT2D eigenvalue weighted by Gasteiger charge is 2.26. The Kier molecular flexibility index (Phi) is 5.58. The van der Waals surface area contributed by atoms with Gasteiger partial charge in [-0.05, 0) is 30.4 Å². The predicted octanol–water partition coefficient (Wildman–Crippen LogP) is 3.48. The summed E-state index contributed by atoms with van der Waals surface area (Å²) in [7, 11) is 0. The Morgan fingerprint density at radius 1 is 1.42 bits per heavy atom. The van der Waals surface area contributed by atoms with Crippen LogP contribution in [0.5, 0.6) is 0 Å². The number of nitrogens with zero attached hydrogens (tertiary/aromatic N) is 3. The van der Waals surface area contributed by atoms with E-state index in [-0.39, 0.29) is 12.0 Å². The summed E-state index contributed by atoms with van der Waals surface area (Å²) in [6.45, 7) is 6.22. The highest BCUT2D eigenvalue weighted by Crippen LogP contribution is 2.22. The van der Waals surface area contributed by atoms with Crippen LogP contribution in [0.2, 0.25) is 0 Å². The maximum absolute atomic E-state index is 12.5. The average molecular weight is 345 g/mol. The van der Waals surface area contributed by atoms with E-state index < -0.39 is 0 Å². The van der Waals surface area contributed by atoms with E-state index in [1.165, 1.54) is 11.3 Å². The van der Waals surface area contributed by atoms with Crippen LogP contribution in [-0.4, -0.2) is 40.0 Å². The SMILES string of the molecule is CC(C)c1csc(C(=O)N2CCC(OCc3cccnc3)CC2)n1. The molecule has 1 amide bonds. The molecule has 1 aliphatic heterocycles. The van der Waals surface area contributed by atoms with Crippen LogP contribution < -0.4 is 0 Å². The minimum absolute atomic E-state index is 0.0533. The van der Waals surface area contributed by atoms with Gasteiger partial charge in [-0.2, -0.15) is 0 Å². The zero-order valence-electron chi connectivity index (χ0n) is 14.1. The molecule has 3 heterocycles. The van der Waals surface area contributed by atoms with Crippen molar-refractivity contribution < 1.29 is 9.53 Å². The van der Waals surface area contributed by atoms with E-state index >= 15 is 0 Å². The molecule has 0 radical (unpaired) electrons. The second-order valence-electron chi connectivity index (χ2n) is 6.40. The summed E-state index contributed by atoms with van der Waals surface area (Å²) in [5.41, 5.74) is 2.08. The quantitative estimate of drug-likeness (QED) is 0.832. The van der Waals surface area contributed by atoms with Crippen LogP contribution in [0.15, 0.2) is 29.9 Å². The van der Waals surface area contributed by atoms with E-state index in [1.807, 2.05) is 28.6 Å². The molecule has 0 aromatic carbocycles. The number of hydrogen-bond acceptors (Lipinski definition) is 5. The van der Waals surface area contributed by atoms with E-state index in [4.69, 9.17) is 4.74 Å². The Balaban J connectivity index is 1.48. The number of hydrogen-bond donors (Lipinski definition) is 0. The summed E-state index contributed by atoms with van der Waals surface area (Å²) in [4.78, 5) is 23.0. The first kappa shape index (κ1) is 17.0. The Bertz CT molecular complexity index is 664. The molecule has 5 nitrogen and oxygen atoms in total. The van der Waals surface area contributed by atoms with Crippen LogP contribution in [0.25, 0.3) is 0 Å². The molecule has 1 saturated heterocycles. The van der Waals surface area contributed by atoms with Crippen LogP contribution in [0, 0.1) is 0 Å². The molecule has 128 valence electrons. The van der Waals surface area contributed by atoms with E-state index in [9.17, 15) is 4.79 Å². The molecule has 0 saturated carbocycles. The lowest BCUT2D eigenvalue weighted by atomic mass is 10.1. The number of thiazole rings is 1. The molecule has 6 heteroatoms. The highest BCUT2D eigenvalue weighted by atomic mass is 32.1. The van der Waals surface area contributed by atoms with Gasteiger partial charge in [0.05, 0.1) is 18.4 Å². The van der Waals surface area contributed by atoms with Gasteiger partial charge in [-0.15, -0.1) is 11.3 Å². The third-order valence-corrected chi connectivity index (χ3v) is 5.08. The number of aromatic nitrogens is 2. The largest absolute Gasteiger partial charge is 0.373 e. The smallest absolute Gasteiger partial charge is 0.282 e. The summed E-state index contributed by atoms with van der Waals surface area (Å²) in [6.07, 6.45) is 5.53. The second kappa shape index (κ2) is 7.85. The molecule has 0 aliphatic carbocycles. The third kappa shape index (κ3) is 4.19. The van der Waals surface area contributed by atoms with E-state index in [0.29, 0.717) is 17.5 Å². The van der Waals surface area contributed by atoms with Gasteiger partial charge in [0.2, 0.25) is 0 Å². The monoisotopic (exact) mass is 345 g/mol. The third-order valence-electron chi connectivity index (χ3n) is 4.23. The zero-order valence-corrected chi connectivity index (χ0v) is 15.0. The number of rotatable bonds is 5. The Labute approximate surface area is 146 Å². The first-order valence-electron chi connectivity index (χ1n) is 8.38. The molecular weight excluding hydrogens is 322 g/mol. The maximum atomic E-state index is 12.5. The van der Waals surface area contributed by atoms with Gasteiger partial charge in [0, 0.05) is 30.9 Å². The molecule has 0 atom stereocenters. The van der Waals surface area contributed by atoms with Gasteiger partial charge in [-0.25, -0.2) is 4.98 Å². The number of piperidine rings is 1. The van der Waals surface area contributed by atoms with Crippen LogP contribution in [0.4, 0.5) is 0 Å². The van der Waals surface area contributed by atoms with Gasteiger partial charge in [-0.1, -0.05) is 19.9 Å². The maximum Gasteiger partial charge on any atom is 0.282 e. The summed E-state index contributed by atoms with van der Waals surface area (Å²) >= 11 is 1.45. The zero-order chi connectivity index (χ0) is 16.9. The van der Waals surface area contributed by atoms with E-state index in [1.54, 1.807) is 6.20 Å². The first-order valence-corrected chi connectivity index (χ1v) is 9.26. The topological polar surface area (TPSA) is 55.3 Å². The fourth-order valence-corrected chi connectivity index (χ4v) is 3.65. The van der Waals surface area contributed by atoms with Gasteiger partial charge in [-0.3, -0.25) is 9.78 Å². The molecular formula is C18H23N3O2S. The van der Waals surface area contributed by atoms with Gasteiger partial charge in [0.25, 0.3) is 5.91 Å². The summed E-state index contributed by atoms with van der Waals surface area (Å²) in [6, 6.07) is 3.93. The molecule has 3 rings (SSSR count). The predicted molar refractivity (Wildman–Crippen MR) is 94.2 cm³/mol. The molecule has 2 aromatic heterocycles. The van der Waals surface area contributed by atoms with Gasteiger partial charge < -0.3 is 9.64 Å². The minimum Gasteiger partial charge on any atom is -0.373 e. The number of carbonyl (C=O) groups excluding carboxylic acids is 1. The molecule has 0 bridgehead atoms. The lowest BCUT2D eigenvalue weighted by Crippen LogP contribution is -2.40. The van der Waals surface area contributed by atoms with Crippen molar-refractivity contribution in [3.63, 3.8) is 0 Å². The van der Waals surface area contributed by atoms with Crippen molar-refractivity contribution in [1.82, 2.24) is 14.9 Å². The van der Waals surface area contributed by atoms with Gasteiger partial charge in [0.1, 0.15) is 0 Å². The second-order valence-corrected chi connectivity index (χ2v) is 7.25. The minimum atomic E-state index is 0.0533. The van der Waals surface area contributed by atoms with Crippen LogP contribution in [0.1, 0.15) is 53.7 Å². The first-order chi connectivity index (χ1) is 11.6.